The van der Waals surface area contributed by atoms with Crippen LogP contribution in [0.1, 0.15) is 50.5 Å². The molecule has 0 aliphatic rings. The lowest BCUT2D eigenvalue weighted by Crippen LogP contribution is -2.20. The first kappa shape index (κ1) is 16.1. The van der Waals surface area contributed by atoms with Crippen LogP contribution in [0.5, 0.6) is 17.2 Å². The fourth-order valence-corrected chi connectivity index (χ4v) is 1.79. The van der Waals surface area contributed by atoms with Crippen molar-refractivity contribution in [2.24, 2.45) is 5.41 Å². The highest BCUT2D eigenvalue weighted by Gasteiger charge is 2.30. The highest BCUT2D eigenvalue weighted by atomic mass is 16.3. The second kappa shape index (κ2) is 5.57. The number of aromatic hydroxyl groups is 3. The van der Waals surface area contributed by atoms with Crippen molar-refractivity contribution in [3.05, 3.63) is 28.8 Å². The highest BCUT2D eigenvalue weighted by molar-refractivity contribution is 6.05. The van der Waals surface area contributed by atoms with Crippen molar-refractivity contribution in [2.45, 2.75) is 41.0 Å². The SMILES string of the molecule is CC(C)=CCc1c(O)cc(O)c(C(=O)C(C)(C)C)c1O. The zero-order valence-electron chi connectivity index (χ0n) is 12.6. The molecule has 0 spiro atoms. The maximum atomic E-state index is 12.3. The van der Waals surface area contributed by atoms with Crippen LogP contribution >= 0.6 is 0 Å². The molecule has 0 bridgehead atoms. The van der Waals surface area contributed by atoms with Crippen molar-refractivity contribution >= 4 is 5.78 Å². The monoisotopic (exact) mass is 278 g/mol. The van der Waals surface area contributed by atoms with Gasteiger partial charge in [0.15, 0.2) is 5.78 Å². The third-order valence-electron chi connectivity index (χ3n) is 2.98. The van der Waals surface area contributed by atoms with Gasteiger partial charge < -0.3 is 15.3 Å². The summed E-state index contributed by atoms with van der Waals surface area (Å²) >= 11 is 0. The van der Waals surface area contributed by atoms with Crippen LogP contribution in [0.15, 0.2) is 17.7 Å². The number of phenolic OH excluding ortho intramolecular Hbond substituents is 3. The van der Waals surface area contributed by atoms with Crippen LogP contribution in [0.25, 0.3) is 0 Å². The lowest BCUT2D eigenvalue weighted by atomic mass is 9.84. The molecule has 0 radical (unpaired) electrons. The Morgan fingerprint density at radius 3 is 2.15 bits per heavy atom. The van der Waals surface area contributed by atoms with Crippen LogP contribution in [0.3, 0.4) is 0 Å². The largest absolute Gasteiger partial charge is 0.507 e. The quantitative estimate of drug-likeness (QED) is 0.583. The molecule has 0 heterocycles. The molecule has 0 aromatic heterocycles. The fraction of sp³-hybridized carbons (Fsp3) is 0.438. The molecule has 0 amide bonds. The Balaban J connectivity index is 3.44. The lowest BCUT2D eigenvalue weighted by Gasteiger charge is -2.20. The average molecular weight is 278 g/mol. The van der Waals surface area contributed by atoms with Gasteiger partial charge in [-0.3, -0.25) is 4.79 Å². The number of phenols is 3. The van der Waals surface area contributed by atoms with Gasteiger partial charge >= 0.3 is 0 Å². The van der Waals surface area contributed by atoms with Gasteiger partial charge in [-0.2, -0.15) is 0 Å². The van der Waals surface area contributed by atoms with Gasteiger partial charge in [0.05, 0.1) is 0 Å². The van der Waals surface area contributed by atoms with E-state index in [1.54, 1.807) is 20.8 Å². The van der Waals surface area contributed by atoms with Crippen LogP contribution in [-0.2, 0) is 6.42 Å². The van der Waals surface area contributed by atoms with Gasteiger partial charge in [0.1, 0.15) is 22.8 Å². The second-order valence-electron chi connectivity index (χ2n) is 6.18. The molecule has 0 saturated carbocycles. The summed E-state index contributed by atoms with van der Waals surface area (Å²) in [6, 6.07) is 1.10. The van der Waals surface area contributed by atoms with Gasteiger partial charge in [0.2, 0.25) is 0 Å². The van der Waals surface area contributed by atoms with E-state index in [2.05, 4.69) is 0 Å². The minimum absolute atomic E-state index is 0.132. The van der Waals surface area contributed by atoms with E-state index in [1.165, 1.54) is 0 Å². The van der Waals surface area contributed by atoms with Gasteiger partial charge in [-0.05, 0) is 20.3 Å². The van der Waals surface area contributed by atoms with E-state index in [-0.39, 0.29) is 28.4 Å². The van der Waals surface area contributed by atoms with E-state index in [1.807, 2.05) is 19.9 Å². The van der Waals surface area contributed by atoms with Crippen LogP contribution in [0.2, 0.25) is 0 Å². The predicted octanol–water partition coefficient (Wildman–Crippen LogP) is 3.54. The number of Topliss-reactive ketones (excluding diaryl/α,β-unsaturated/α-hetero) is 1. The Bertz CT molecular complexity index is 559. The van der Waals surface area contributed by atoms with Crippen molar-refractivity contribution in [3.8, 4) is 17.2 Å². The molecule has 4 nitrogen and oxygen atoms in total. The average Bonchev–Trinajstić information content (AvgIpc) is 2.26. The van der Waals surface area contributed by atoms with Crippen LogP contribution in [0, 0.1) is 5.41 Å². The van der Waals surface area contributed by atoms with Crippen molar-refractivity contribution < 1.29 is 20.1 Å². The molecule has 0 saturated heterocycles. The molecule has 0 aliphatic carbocycles. The summed E-state index contributed by atoms with van der Waals surface area (Å²) in [5.74, 6) is -1.34. The number of hydrogen-bond donors (Lipinski definition) is 3. The normalized spacial score (nSPS) is 11.2. The number of carbonyl (C=O) groups is 1. The van der Waals surface area contributed by atoms with Crippen molar-refractivity contribution in [2.75, 3.05) is 0 Å². The van der Waals surface area contributed by atoms with E-state index < -0.39 is 11.2 Å². The Hall–Kier alpha value is -1.97. The van der Waals surface area contributed by atoms with Gasteiger partial charge in [0, 0.05) is 17.0 Å². The topological polar surface area (TPSA) is 77.8 Å². The number of ketones is 1. The molecule has 20 heavy (non-hydrogen) atoms. The molecule has 1 aromatic rings. The minimum Gasteiger partial charge on any atom is -0.507 e. The van der Waals surface area contributed by atoms with Crippen molar-refractivity contribution in [3.63, 3.8) is 0 Å². The third-order valence-corrected chi connectivity index (χ3v) is 2.98. The molecule has 1 rings (SSSR count). The summed E-state index contributed by atoms with van der Waals surface area (Å²) in [6.45, 7) is 8.91. The molecule has 0 fully saturated rings. The number of hydrogen-bond acceptors (Lipinski definition) is 4. The Labute approximate surface area is 119 Å². The molecule has 4 heteroatoms. The van der Waals surface area contributed by atoms with Gasteiger partial charge in [0.25, 0.3) is 0 Å². The Morgan fingerprint density at radius 2 is 1.70 bits per heavy atom. The number of carbonyl (C=O) groups excluding carboxylic acids is 1. The number of rotatable bonds is 3. The zero-order valence-corrected chi connectivity index (χ0v) is 12.6. The van der Waals surface area contributed by atoms with E-state index in [9.17, 15) is 20.1 Å². The molecule has 0 atom stereocenters. The van der Waals surface area contributed by atoms with E-state index in [0.717, 1.165) is 11.6 Å². The zero-order chi connectivity index (χ0) is 15.7. The lowest BCUT2D eigenvalue weighted by molar-refractivity contribution is 0.0852. The van der Waals surface area contributed by atoms with E-state index >= 15 is 0 Å². The predicted molar refractivity (Wildman–Crippen MR) is 78.4 cm³/mol. The third kappa shape index (κ3) is 3.32. The van der Waals surface area contributed by atoms with Gasteiger partial charge in [-0.1, -0.05) is 32.4 Å². The maximum absolute atomic E-state index is 12.3. The summed E-state index contributed by atoms with van der Waals surface area (Å²) in [7, 11) is 0. The summed E-state index contributed by atoms with van der Waals surface area (Å²) < 4.78 is 0. The van der Waals surface area contributed by atoms with Crippen molar-refractivity contribution in [1.29, 1.82) is 0 Å². The van der Waals surface area contributed by atoms with Gasteiger partial charge in [-0.25, -0.2) is 0 Å². The van der Waals surface area contributed by atoms with E-state index in [0.29, 0.717) is 6.42 Å². The Kier molecular flexibility index (Phi) is 4.48. The van der Waals surface area contributed by atoms with Gasteiger partial charge in [-0.15, -0.1) is 0 Å². The summed E-state index contributed by atoms with van der Waals surface area (Å²) in [4.78, 5) is 12.3. The summed E-state index contributed by atoms with van der Waals surface area (Å²) in [5, 5.41) is 29.9. The first-order chi connectivity index (χ1) is 9.05. The van der Waals surface area contributed by atoms with E-state index in [4.69, 9.17) is 0 Å². The fourth-order valence-electron chi connectivity index (χ4n) is 1.79. The molecule has 3 N–H and O–H groups in total. The van der Waals surface area contributed by atoms with Crippen LogP contribution in [0.4, 0.5) is 0 Å². The molecular formula is C16H22O4. The van der Waals surface area contributed by atoms with Crippen molar-refractivity contribution in [1.82, 2.24) is 0 Å². The van der Waals surface area contributed by atoms with Crippen LogP contribution < -0.4 is 0 Å². The summed E-state index contributed by atoms with van der Waals surface area (Å²) in [5.41, 5.74) is 0.407. The molecular weight excluding hydrogens is 256 g/mol. The molecule has 110 valence electrons. The number of benzene rings is 1. The second-order valence-corrected chi connectivity index (χ2v) is 6.18. The first-order valence-corrected chi connectivity index (χ1v) is 6.50. The Morgan fingerprint density at radius 1 is 1.15 bits per heavy atom. The number of allylic oxidation sites excluding steroid dienone is 2. The molecule has 0 unspecified atom stereocenters. The smallest absolute Gasteiger partial charge is 0.175 e. The highest BCUT2D eigenvalue weighted by Crippen LogP contribution is 2.40. The standard InChI is InChI=1S/C16H22O4/c1-9(2)6-7-10-11(17)8-12(18)13(14(10)19)15(20)16(3,4)5/h6,8,17-19H,7H2,1-5H3. The summed E-state index contributed by atoms with van der Waals surface area (Å²) in [6.07, 6.45) is 2.13. The molecule has 1 aromatic carbocycles. The van der Waals surface area contributed by atoms with Crippen LogP contribution in [-0.4, -0.2) is 21.1 Å². The maximum Gasteiger partial charge on any atom is 0.175 e. The first-order valence-electron chi connectivity index (χ1n) is 6.50. The molecule has 0 aliphatic heterocycles. The minimum atomic E-state index is -0.736.